The van der Waals surface area contributed by atoms with Gasteiger partial charge in [-0.25, -0.2) is 0 Å². The highest BCUT2D eigenvalue weighted by Crippen LogP contribution is 2.33. The number of rotatable bonds is 4. The van der Waals surface area contributed by atoms with Crippen LogP contribution in [0.1, 0.15) is 27.8 Å². The van der Waals surface area contributed by atoms with E-state index in [2.05, 4.69) is 17.4 Å². The Balaban J connectivity index is 1.64. The Kier molecular flexibility index (Phi) is 3.79. The number of nitrogens with zero attached hydrogens (tertiary/aromatic N) is 1. The number of hydrogen-bond donors (Lipinski definition) is 1. The number of fused-ring (bicyclic) bond motifs is 1. The highest BCUT2D eigenvalue weighted by atomic mass is 16.3. The molecule has 2 heterocycles. The second-order valence-corrected chi connectivity index (χ2v) is 5.84. The Morgan fingerprint density at radius 1 is 0.958 bits per heavy atom. The van der Waals surface area contributed by atoms with Gasteiger partial charge in [0.1, 0.15) is 5.76 Å². The van der Waals surface area contributed by atoms with E-state index in [1.807, 2.05) is 59.5 Å². The van der Waals surface area contributed by atoms with Gasteiger partial charge in [0.2, 0.25) is 0 Å². The highest BCUT2D eigenvalue weighted by molar-refractivity contribution is 6.01. The molecule has 1 atom stereocenters. The number of benzene rings is 2. The first-order chi connectivity index (χ1) is 11.8. The Morgan fingerprint density at radius 2 is 1.75 bits per heavy atom. The zero-order valence-corrected chi connectivity index (χ0v) is 13.2. The van der Waals surface area contributed by atoms with E-state index >= 15 is 0 Å². The number of anilines is 1. The maximum Gasteiger partial charge on any atom is 0.257 e. The summed E-state index contributed by atoms with van der Waals surface area (Å²) in [6, 6.07) is 21.5. The van der Waals surface area contributed by atoms with Crippen LogP contribution >= 0.6 is 0 Å². The van der Waals surface area contributed by atoms with E-state index in [9.17, 15) is 4.79 Å². The number of furan rings is 1. The molecule has 1 aliphatic rings. The molecule has 0 radical (unpaired) electrons. The van der Waals surface area contributed by atoms with Gasteiger partial charge in [-0.15, -0.1) is 0 Å². The van der Waals surface area contributed by atoms with Gasteiger partial charge < -0.3 is 14.6 Å². The van der Waals surface area contributed by atoms with Crippen molar-refractivity contribution in [1.29, 1.82) is 0 Å². The van der Waals surface area contributed by atoms with Crippen molar-refractivity contribution < 1.29 is 9.21 Å². The zero-order chi connectivity index (χ0) is 16.4. The lowest BCUT2D eigenvalue weighted by molar-refractivity contribution is 0.0665. The van der Waals surface area contributed by atoms with Crippen LogP contribution in [0.5, 0.6) is 0 Å². The van der Waals surface area contributed by atoms with Gasteiger partial charge in [-0.1, -0.05) is 42.5 Å². The molecular weight excluding hydrogens is 300 g/mol. The predicted molar refractivity (Wildman–Crippen MR) is 92.7 cm³/mol. The van der Waals surface area contributed by atoms with Gasteiger partial charge in [-0.05, 0) is 36.2 Å². The summed E-state index contributed by atoms with van der Waals surface area (Å²) < 4.78 is 5.56. The SMILES string of the molecule is O=C1c2ccccc2N[C@H](c2ccco2)N1CCc1ccccc1. The number of carbonyl (C=O) groups excluding carboxylic acids is 1. The van der Waals surface area contributed by atoms with Crippen molar-refractivity contribution in [2.75, 3.05) is 11.9 Å². The van der Waals surface area contributed by atoms with Gasteiger partial charge in [0.25, 0.3) is 5.91 Å². The normalized spacial score (nSPS) is 16.6. The van der Waals surface area contributed by atoms with E-state index in [1.54, 1.807) is 6.26 Å². The minimum Gasteiger partial charge on any atom is -0.465 e. The van der Waals surface area contributed by atoms with Crippen LogP contribution in [0, 0.1) is 0 Å². The van der Waals surface area contributed by atoms with E-state index in [0.717, 1.165) is 17.9 Å². The maximum atomic E-state index is 13.0. The fraction of sp³-hybridized carbons (Fsp3) is 0.150. The molecule has 0 aliphatic carbocycles. The molecule has 0 fully saturated rings. The van der Waals surface area contributed by atoms with Gasteiger partial charge in [0.05, 0.1) is 11.8 Å². The van der Waals surface area contributed by atoms with Gasteiger partial charge in [-0.2, -0.15) is 0 Å². The summed E-state index contributed by atoms with van der Waals surface area (Å²) in [6.07, 6.45) is 2.15. The van der Waals surface area contributed by atoms with Crippen LogP contribution in [-0.4, -0.2) is 17.4 Å². The van der Waals surface area contributed by atoms with Crippen LogP contribution in [0.25, 0.3) is 0 Å². The number of carbonyl (C=O) groups is 1. The molecule has 2 aromatic carbocycles. The minimum absolute atomic E-state index is 0.0293. The smallest absolute Gasteiger partial charge is 0.257 e. The highest BCUT2D eigenvalue weighted by Gasteiger charge is 2.33. The lowest BCUT2D eigenvalue weighted by atomic mass is 10.1. The molecule has 3 aromatic rings. The van der Waals surface area contributed by atoms with Crippen molar-refractivity contribution in [1.82, 2.24) is 4.90 Å². The van der Waals surface area contributed by atoms with E-state index in [4.69, 9.17) is 4.42 Å². The van der Waals surface area contributed by atoms with Crippen LogP contribution < -0.4 is 5.32 Å². The molecular formula is C20H18N2O2. The van der Waals surface area contributed by atoms with Crippen LogP contribution in [0.3, 0.4) is 0 Å². The first kappa shape index (κ1) is 14.6. The maximum absolute atomic E-state index is 13.0. The van der Waals surface area contributed by atoms with Crippen LogP contribution in [0.2, 0.25) is 0 Å². The third-order valence-electron chi connectivity index (χ3n) is 4.32. The summed E-state index contributed by atoms with van der Waals surface area (Å²) in [5.41, 5.74) is 2.76. The van der Waals surface area contributed by atoms with Crippen molar-refractivity contribution in [3.05, 3.63) is 89.9 Å². The van der Waals surface area contributed by atoms with E-state index in [1.165, 1.54) is 5.56 Å². The molecule has 0 spiro atoms. The van der Waals surface area contributed by atoms with Crippen molar-refractivity contribution in [3.63, 3.8) is 0 Å². The molecule has 1 aromatic heterocycles. The Morgan fingerprint density at radius 3 is 2.54 bits per heavy atom. The Hall–Kier alpha value is -3.01. The Bertz CT molecular complexity index is 828. The first-order valence-electron chi connectivity index (χ1n) is 8.07. The van der Waals surface area contributed by atoms with Crippen LogP contribution in [0.4, 0.5) is 5.69 Å². The molecule has 1 aliphatic heterocycles. The molecule has 24 heavy (non-hydrogen) atoms. The number of hydrogen-bond acceptors (Lipinski definition) is 3. The monoisotopic (exact) mass is 318 g/mol. The van der Waals surface area contributed by atoms with E-state index in [0.29, 0.717) is 12.1 Å². The van der Waals surface area contributed by atoms with E-state index in [-0.39, 0.29) is 12.1 Å². The second-order valence-electron chi connectivity index (χ2n) is 5.84. The molecule has 4 rings (SSSR count). The fourth-order valence-corrected chi connectivity index (χ4v) is 3.09. The molecule has 0 unspecified atom stereocenters. The topological polar surface area (TPSA) is 45.5 Å². The molecule has 120 valence electrons. The first-order valence-corrected chi connectivity index (χ1v) is 8.07. The summed E-state index contributed by atoms with van der Waals surface area (Å²) in [5, 5.41) is 3.43. The fourth-order valence-electron chi connectivity index (χ4n) is 3.09. The quantitative estimate of drug-likeness (QED) is 0.788. The van der Waals surface area contributed by atoms with E-state index < -0.39 is 0 Å². The standard InChI is InChI=1S/C20H18N2O2/c23-20-16-9-4-5-10-17(16)21-19(18-11-6-14-24-18)22(20)13-12-15-7-2-1-3-8-15/h1-11,14,19,21H,12-13H2/t19-/m0/s1. The average Bonchev–Trinajstić information content (AvgIpc) is 3.16. The summed E-state index contributed by atoms with van der Waals surface area (Å²) >= 11 is 0. The molecule has 1 amide bonds. The molecule has 4 heteroatoms. The third-order valence-corrected chi connectivity index (χ3v) is 4.32. The lowest BCUT2D eigenvalue weighted by Gasteiger charge is -2.36. The van der Waals surface area contributed by atoms with Crippen molar-refractivity contribution in [2.45, 2.75) is 12.6 Å². The third kappa shape index (κ3) is 2.67. The molecule has 0 saturated heterocycles. The van der Waals surface area contributed by atoms with Crippen molar-refractivity contribution in [2.24, 2.45) is 0 Å². The molecule has 0 bridgehead atoms. The van der Waals surface area contributed by atoms with Crippen molar-refractivity contribution in [3.8, 4) is 0 Å². The van der Waals surface area contributed by atoms with Crippen LogP contribution in [-0.2, 0) is 6.42 Å². The zero-order valence-electron chi connectivity index (χ0n) is 13.2. The van der Waals surface area contributed by atoms with Gasteiger partial charge in [0.15, 0.2) is 6.17 Å². The van der Waals surface area contributed by atoms with Crippen molar-refractivity contribution >= 4 is 11.6 Å². The summed E-state index contributed by atoms with van der Waals surface area (Å²) in [6.45, 7) is 0.621. The van der Waals surface area contributed by atoms with Gasteiger partial charge >= 0.3 is 0 Å². The average molecular weight is 318 g/mol. The molecule has 1 N–H and O–H groups in total. The molecule has 0 saturated carbocycles. The molecule has 4 nitrogen and oxygen atoms in total. The Labute approximate surface area is 140 Å². The summed E-state index contributed by atoms with van der Waals surface area (Å²) in [4.78, 5) is 14.8. The number of amides is 1. The van der Waals surface area contributed by atoms with Gasteiger partial charge in [0, 0.05) is 12.2 Å². The van der Waals surface area contributed by atoms with Gasteiger partial charge in [-0.3, -0.25) is 4.79 Å². The predicted octanol–water partition coefficient (Wildman–Crippen LogP) is 4.09. The second kappa shape index (κ2) is 6.24. The largest absolute Gasteiger partial charge is 0.465 e. The number of nitrogens with one attached hydrogen (secondary N) is 1. The van der Waals surface area contributed by atoms with Crippen LogP contribution in [0.15, 0.2) is 77.4 Å². The summed E-state index contributed by atoms with van der Waals surface area (Å²) in [5.74, 6) is 0.771. The lowest BCUT2D eigenvalue weighted by Crippen LogP contribution is -2.43. The minimum atomic E-state index is -0.286. The number of para-hydroxylation sites is 1. The summed E-state index contributed by atoms with van der Waals surface area (Å²) in [7, 11) is 0.